The Morgan fingerprint density at radius 2 is 2.16 bits per heavy atom. The maximum Gasteiger partial charge on any atom is 0.254 e. The van der Waals surface area contributed by atoms with E-state index in [4.69, 9.17) is 0 Å². The van der Waals surface area contributed by atoms with Crippen molar-refractivity contribution in [3.05, 3.63) is 22.4 Å². The van der Waals surface area contributed by atoms with Gasteiger partial charge < -0.3 is 10.2 Å². The fourth-order valence-corrected chi connectivity index (χ4v) is 2.81. The quantitative estimate of drug-likeness (QED) is 0.885. The molecule has 104 valence electrons. The first-order valence-electron chi connectivity index (χ1n) is 6.45. The Hall–Kier alpha value is -1.40. The number of carbonyl (C=O) groups is 2. The molecular weight excluding hydrogens is 262 g/mol. The molecule has 2 amide bonds. The minimum atomic E-state index is 0.0256. The summed E-state index contributed by atoms with van der Waals surface area (Å²) in [7, 11) is 1.65. The molecule has 1 saturated heterocycles. The van der Waals surface area contributed by atoms with Crippen molar-refractivity contribution in [1.82, 2.24) is 15.1 Å². The average Bonchev–Trinajstić information content (AvgIpc) is 2.85. The molecule has 0 aromatic carbocycles. The molecule has 0 saturated carbocycles. The molecule has 0 aliphatic carbocycles. The van der Waals surface area contributed by atoms with Crippen LogP contribution >= 0.6 is 11.3 Å². The summed E-state index contributed by atoms with van der Waals surface area (Å²) in [4.78, 5) is 27.6. The predicted octanol–water partition coefficient (Wildman–Crippen LogP) is 0.642. The first-order valence-corrected chi connectivity index (χ1v) is 7.39. The lowest BCUT2D eigenvalue weighted by Gasteiger charge is -2.21. The van der Waals surface area contributed by atoms with E-state index in [2.05, 4.69) is 10.2 Å². The fourth-order valence-electron chi connectivity index (χ4n) is 2.18. The van der Waals surface area contributed by atoms with Crippen molar-refractivity contribution >= 4 is 23.2 Å². The highest BCUT2D eigenvalue weighted by Crippen LogP contribution is 2.12. The maximum absolute atomic E-state index is 12.2. The Bertz CT molecular complexity index is 433. The van der Waals surface area contributed by atoms with Gasteiger partial charge in [-0.25, -0.2) is 0 Å². The van der Waals surface area contributed by atoms with Crippen molar-refractivity contribution in [3.8, 4) is 0 Å². The van der Waals surface area contributed by atoms with Crippen LogP contribution in [0.25, 0.3) is 0 Å². The van der Waals surface area contributed by atoms with Crippen LogP contribution in [0.3, 0.4) is 0 Å². The van der Waals surface area contributed by atoms with E-state index >= 15 is 0 Å². The highest BCUT2D eigenvalue weighted by Gasteiger charge is 2.21. The third-order valence-electron chi connectivity index (χ3n) is 3.29. The molecule has 0 bridgehead atoms. The number of rotatable bonds is 3. The number of amides is 2. The first kappa shape index (κ1) is 14.0. The number of hydrogen-bond donors (Lipinski definition) is 1. The van der Waals surface area contributed by atoms with Crippen LogP contribution in [0.5, 0.6) is 0 Å². The Kier molecular flexibility index (Phi) is 4.93. The number of likely N-dealkylation sites (N-methyl/N-ethyl adjacent to an activating group) is 1. The molecule has 0 atom stereocenters. The molecular formula is C13H19N3O2S. The van der Waals surface area contributed by atoms with E-state index in [0.717, 1.165) is 31.6 Å². The van der Waals surface area contributed by atoms with E-state index in [1.807, 2.05) is 21.7 Å². The molecule has 1 aromatic rings. The molecule has 2 rings (SSSR count). The first-order chi connectivity index (χ1) is 9.20. The highest BCUT2D eigenvalue weighted by atomic mass is 32.1. The molecule has 0 unspecified atom stereocenters. The van der Waals surface area contributed by atoms with Gasteiger partial charge in [-0.1, -0.05) is 0 Å². The van der Waals surface area contributed by atoms with Crippen LogP contribution in [0.4, 0.5) is 0 Å². The smallest absolute Gasteiger partial charge is 0.254 e. The van der Waals surface area contributed by atoms with E-state index in [0.29, 0.717) is 13.1 Å². The molecule has 6 heteroatoms. The third kappa shape index (κ3) is 3.78. The average molecular weight is 281 g/mol. The van der Waals surface area contributed by atoms with Gasteiger partial charge >= 0.3 is 0 Å². The topological polar surface area (TPSA) is 52.7 Å². The second-order valence-electron chi connectivity index (χ2n) is 4.61. The molecule has 0 spiro atoms. The molecule has 1 aliphatic heterocycles. The molecule has 0 radical (unpaired) electrons. The van der Waals surface area contributed by atoms with Crippen LogP contribution in [-0.2, 0) is 4.79 Å². The van der Waals surface area contributed by atoms with Crippen molar-refractivity contribution in [3.63, 3.8) is 0 Å². The van der Waals surface area contributed by atoms with Crippen LogP contribution in [0, 0.1) is 0 Å². The molecule has 5 nitrogen and oxygen atoms in total. The largest absolute Gasteiger partial charge is 0.358 e. The van der Waals surface area contributed by atoms with Crippen molar-refractivity contribution in [2.24, 2.45) is 0 Å². The maximum atomic E-state index is 12.2. The normalized spacial score (nSPS) is 17.0. The Labute approximate surface area is 117 Å². The summed E-state index contributed by atoms with van der Waals surface area (Å²) in [5.41, 5.74) is 0.768. The Morgan fingerprint density at radius 1 is 1.32 bits per heavy atom. The zero-order chi connectivity index (χ0) is 13.7. The minimum Gasteiger partial charge on any atom is -0.358 e. The van der Waals surface area contributed by atoms with Gasteiger partial charge in [0, 0.05) is 38.6 Å². The number of hydrogen-bond acceptors (Lipinski definition) is 4. The summed E-state index contributed by atoms with van der Waals surface area (Å²) in [6, 6.07) is 1.86. The van der Waals surface area contributed by atoms with Gasteiger partial charge in [-0.15, -0.1) is 0 Å². The molecule has 1 aromatic heterocycles. The molecule has 2 heterocycles. The number of nitrogens with one attached hydrogen (secondary N) is 1. The molecule has 1 N–H and O–H groups in total. The third-order valence-corrected chi connectivity index (χ3v) is 3.97. The van der Waals surface area contributed by atoms with Crippen LogP contribution in [0.15, 0.2) is 16.8 Å². The van der Waals surface area contributed by atoms with Gasteiger partial charge in [-0.05, 0) is 17.9 Å². The van der Waals surface area contributed by atoms with Gasteiger partial charge in [0.1, 0.15) is 0 Å². The number of thiophene rings is 1. The van der Waals surface area contributed by atoms with Gasteiger partial charge in [-0.3, -0.25) is 14.5 Å². The van der Waals surface area contributed by atoms with E-state index in [-0.39, 0.29) is 11.8 Å². The van der Waals surface area contributed by atoms with Crippen LogP contribution in [0.2, 0.25) is 0 Å². The van der Waals surface area contributed by atoms with E-state index in [1.165, 1.54) is 11.3 Å². The summed E-state index contributed by atoms with van der Waals surface area (Å²) < 4.78 is 0. The van der Waals surface area contributed by atoms with E-state index in [1.54, 1.807) is 7.05 Å². The summed E-state index contributed by atoms with van der Waals surface area (Å²) in [6.07, 6.45) is 0.910. The Balaban J connectivity index is 1.90. The van der Waals surface area contributed by atoms with Gasteiger partial charge in [0.25, 0.3) is 5.91 Å². The minimum absolute atomic E-state index is 0.0256. The Morgan fingerprint density at radius 3 is 2.84 bits per heavy atom. The summed E-state index contributed by atoms with van der Waals surface area (Å²) in [5.74, 6) is 0.126. The van der Waals surface area contributed by atoms with Crippen LogP contribution < -0.4 is 5.32 Å². The van der Waals surface area contributed by atoms with Gasteiger partial charge in [0.05, 0.1) is 12.1 Å². The van der Waals surface area contributed by atoms with Gasteiger partial charge in [0.15, 0.2) is 0 Å². The zero-order valence-electron chi connectivity index (χ0n) is 11.1. The second kappa shape index (κ2) is 6.68. The van der Waals surface area contributed by atoms with E-state index < -0.39 is 0 Å². The molecule has 19 heavy (non-hydrogen) atoms. The number of nitrogens with zero attached hydrogens (tertiary/aromatic N) is 2. The predicted molar refractivity (Wildman–Crippen MR) is 75.3 cm³/mol. The molecule has 1 aliphatic rings. The lowest BCUT2D eigenvalue weighted by atomic mass is 10.3. The highest BCUT2D eigenvalue weighted by molar-refractivity contribution is 7.08. The van der Waals surface area contributed by atoms with Gasteiger partial charge in [-0.2, -0.15) is 11.3 Å². The SMILES string of the molecule is CNC(=O)CN1CCCN(C(=O)c2ccsc2)CC1. The number of carbonyl (C=O) groups excluding carboxylic acids is 2. The standard InChI is InChI=1S/C13H19N3O2S/c1-14-12(17)9-15-4-2-5-16(7-6-15)13(18)11-3-8-19-10-11/h3,8,10H,2,4-7,9H2,1H3,(H,14,17). The van der Waals surface area contributed by atoms with Crippen molar-refractivity contribution in [1.29, 1.82) is 0 Å². The van der Waals surface area contributed by atoms with Crippen molar-refractivity contribution in [2.45, 2.75) is 6.42 Å². The van der Waals surface area contributed by atoms with Crippen LogP contribution in [0.1, 0.15) is 16.8 Å². The van der Waals surface area contributed by atoms with Crippen molar-refractivity contribution < 1.29 is 9.59 Å². The summed E-state index contributed by atoms with van der Waals surface area (Å²) in [6.45, 7) is 3.48. The monoisotopic (exact) mass is 281 g/mol. The summed E-state index contributed by atoms with van der Waals surface area (Å²) in [5, 5.41) is 6.43. The fraction of sp³-hybridized carbons (Fsp3) is 0.538. The van der Waals surface area contributed by atoms with Crippen LogP contribution in [-0.4, -0.2) is 61.4 Å². The summed E-state index contributed by atoms with van der Waals surface area (Å²) >= 11 is 1.54. The zero-order valence-corrected chi connectivity index (χ0v) is 11.9. The molecule has 1 fully saturated rings. The van der Waals surface area contributed by atoms with E-state index in [9.17, 15) is 9.59 Å². The lowest BCUT2D eigenvalue weighted by molar-refractivity contribution is -0.121. The van der Waals surface area contributed by atoms with Gasteiger partial charge in [0.2, 0.25) is 5.91 Å². The second-order valence-corrected chi connectivity index (χ2v) is 5.39. The van der Waals surface area contributed by atoms with Crippen molar-refractivity contribution in [2.75, 3.05) is 39.8 Å². The lowest BCUT2D eigenvalue weighted by Crippen LogP contribution is -2.39.